The molecule has 0 unspecified atom stereocenters. The highest BCUT2D eigenvalue weighted by Crippen LogP contribution is 2.22. The van der Waals surface area contributed by atoms with Crippen LogP contribution >= 0.6 is 23.2 Å². The van der Waals surface area contributed by atoms with E-state index in [-0.39, 0.29) is 5.91 Å². The highest BCUT2D eigenvalue weighted by molar-refractivity contribution is 6.30. The summed E-state index contributed by atoms with van der Waals surface area (Å²) < 4.78 is 6.57. The number of benzene rings is 3. The number of anilines is 2. The Kier molecular flexibility index (Phi) is 7.12. The van der Waals surface area contributed by atoms with Crippen molar-refractivity contribution in [2.24, 2.45) is 0 Å². The van der Waals surface area contributed by atoms with E-state index in [2.05, 4.69) is 20.7 Å². The second-order valence-corrected chi connectivity index (χ2v) is 8.02. The second kappa shape index (κ2) is 10.4. The molecule has 168 valence electrons. The first kappa shape index (κ1) is 22.6. The number of rotatable bonds is 8. The zero-order valence-electron chi connectivity index (χ0n) is 17.8. The van der Waals surface area contributed by atoms with Crippen molar-refractivity contribution in [3.8, 4) is 5.75 Å². The Morgan fingerprint density at radius 3 is 2.18 bits per heavy atom. The minimum atomic E-state index is -0.371. The van der Waals surface area contributed by atoms with Crippen LogP contribution in [-0.2, 0) is 13.1 Å². The Hall–Kier alpha value is -3.55. The van der Waals surface area contributed by atoms with E-state index in [9.17, 15) is 4.79 Å². The Labute approximate surface area is 201 Å². The van der Waals surface area contributed by atoms with Crippen molar-refractivity contribution in [2.75, 3.05) is 17.7 Å². The van der Waals surface area contributed by atoms with Crippen molar-refractivity contribution in [2.45, 2.75) is 13.1 Å². The van der Waals surface area contributed by atoms with E-state index in [0.29, 0.717) is 46.3 Å². The highest BCUT2D eigenvalue weighted by Gasteiger charge is 2.21. The molecule has 0 aliphatic rings. The number of methoxy groups -OCH3 is 1. The number of hydrogen-bond acceptors (Lipinski definition) is 6. The first-order valence-electron chi connectivity index (χ1n) is 10.1. The van der Waals surface area contributed by atoms with Crippen molar-refractivity contribution < 1.29 is 9.53 Å². The molecule has 4 aromatic rings. The Bertz CT molecular complexity index is 1280. The van der Waals surface area contributed by atoms with Crippen LogP contribution in [0, 0.1) is 0 Å². The summed E-state index contributed by atoms with van der Waals surface area (Å²) >= 11 is 12.2. The molecule has 7 nitrogen and oxygen atoms in total. The highest BCUT2D eigenvalue weighted by atomic mass is 35.5. The van der Waals surface area contributed by atoms with Gasteiger partial charge in [0.25, 0.3) is 5.91 Å². The van der Waals surface area contributed by atoms with Gasteiger partial charge < -0.3 is 15.4 Å². The van der Waals surface area contributed by atoms with Crippen molar-refractivity contribution in [3.63, 3.8) is 0 Å². The number of hydrogen-bond donors (Lipinski definition) is 2. The lowest BCUT2D eigenvalue weighted by Gasteiger charge is -2.10. The fourth-order valence-corrected chi connectivity index (χ4v) is 3.66. The Morgan fingerprint density at radius 2 is 1.55 bits per heavy atom. The van der Waals surface area contributed by atoms with Gasteiger partial charge in [0.15, 0.2) is 0 Å². The first-order chi connectivity index (χ1) is 16.0. The third kappa shape index (κ3) is 5.63. The van der Waals surface area contributed by atoms with Crippen LogP contribution < -0.4 is 15.4 Å². The molecule has 1 aromatic heterocycles. The summed E-state index contributed by atoms with van der Waals surface area (Å²) in [7, 11) is 1.52. The van der Waals surface area contributed by atoms with Gasteiger partial charge in [0, 0.05) is 23.1 Å². The molecule has 0 bridgehead atoms. The van der Waals surface area contributed by atoms with Crippen LogP contribution in [0.4, 0.5) is 11.9 Å². The summed E-state index contributed by atoms with van der Waals surface area (Å²) in [6.45, 7) is 0.855. The van der Waals surface area contributed by atoms with Gasteiger partial charge in [-0.05, 0) is 47.5 Å². The molecule has 0 aliphatic heterocycles. The van der Waals surface area contributed by atoms with Crippen molar-refractivity contribution >= 4 is 41.0 Å². The topological polar surface area (TPSA) is 81.1 Å². The molecule has 4 rings (SSSR count). The predicted octanol–water partition coefficient (Wildman–Crippen LogP) is 5.51. The standard InChI is InChI=1S/C24H21Cl2N5O2/c1-33-21-11-3-2-10-20(21)22(32)31-24(28-15-17-7-5-9-19(26)13-17)29-23(30-31)27-14-16-6-4-8-18(25)12-16/h2-13H,14-15H2,1H3,(H2,27,28,29,30). The van der Waals surface area contributed by atoms with Crippen LogP contribution in [0.1, 0.15) is 21.5 Å². The normalized spacial score (nSPS) is 10.6. The SMILES string of the molecule is COc1ccccc1C(=O)n1nc(NCc2cccc(Cl)c2)nc1NCc1cccc(Cl)c1. The molecule has 0 radical (unpaired) electrons. The molecule has 0 amide bonds. The molecule has 1 heterocycles. The minimum absolute atomic E-state index is 0.291. The minimum Gasteiger partial charge on any atom is -0.496 e. The van der Waals surface area contributed by atoms with Crippen LogP contribution in [0.2, 0.25) is 10.0 Å². The van der Waals surface area contributed by atoms with Crippen LogP contribution in [0.5, 0.6) is 5.75 Å². The second-order valence-electron chi connectivity index (χ2n) is 7.14. The molecule has 9 heteroatoms. The van der Waals surface area contributed by atoms with E-state index < -0.39 is 0 Å². The molecule has 33 heavy (non-hydrogen) atoms. The number of para-hydroxylation sites is 1. The molecule has 0 atom stereocenters. The molecule has 3 aromatic carbocycles. The third-order valence-corrected chi connectivity index (χ3v) is 5.29. The van der Waals surface area contributed by atoms with Gasteiger partial charge in [-0.1, -0.05) is 59.6 Å². The average Bonchev–Trinajstić information content (AvgIpc) is 3.24. The molecule has 0 aliphatic carbocycles. The maximum Gasteiger partial charge on any atom is 0.285 e. The van der Waals surface area contributed by atoms with Gasteiger partial charge in [0.05, 0.1) is 12.7 Å². The number of carbonyl (C=O) groups is 1. The van der Waals surface area contributed by atoms with E-state index in [1.807, 2.05) is 42.5 Å². The third-order valence-electron chi connectivity index (χ3n) is 4.82. The van der Waals surface area contributed by atoms with E-state index in [1.54, 1.807) is 30.3 Å². The molecular formula is C24H21Cl2N5O2. The number of ether oxygens (including phenoxy) is 1. The molecule has 0 fully saturated rings. The van der Waals surface area contributed by atoms with E-state index in [4.69, 9.17) is 27.9 Å². The predicted molar refractivity (Wildman–Crippen MR) is 130 cm³/mol. The van der Waals surface area contributed by atoms with Gasteiger partial charge in [-0.15, -0.1) is 5.10 Å². The molecular weight excluding hydrogens is 461 g/mol. The molecule has 0 saturated carbocycles. The van der Waals surface area contributed by atoms with Crippen molar-refractivity contribution in [1.82, 2.24) is 14.8 Å². The van der Waals surface area contributed by atoms with Crippen LogP contribution in [0.15, 0.2) is 72.8 Å². The lowest BCUT2D eigenvalue weighted by Crippen LogP contribution is -2.18. The quantitative estimate of drug-likeness (QED) is 0.345. The Balaban J connectivity index is 1.61. The number of nitrogens with one attached hydrogen (secondary N) is 2. The van der Waals surface area contributed by atoms with E-state index in [1.165, 1.54) is 11.8 Å². The summed E-state index contributed by atoms with van der Waals surface area (Å²) in [6.07, 6.45) is 0. The molecule has 0 saturated heterocycles. The van der Waals surface area contributed by atoms with Crippen molar-refractivity contribution in [1.29, 1.82) is 0 Å². The number of halogens is 2. The number of aromatic nitrogens is 3. The number of carbonyl (C=O) groups excluding carboxylic acids is 1. The summed E-state index contributed by atoms with van der Waals surface area (Å²) in [4.78, 5) is 17.8. The Morgan fingerprint density at radius 1 is 0.909 bits per heavy atom. The van der Waals surface area contributed by atoms with Crippen LogP contribution in [0.25, 0.3) is 0 Å². The first-order valence-corrected chi connectivity index (χ1v) is 10.9. The average molecular weight is 482 g/mol. The van der Waals surface area contributed by atoms with E-state index >= 15 is 0 Å². The molecule has 0 spiro atoms. The summed E-state index contributed by atoms with van der Waals surface area (Å²) in [6, 6.07) is 21.9. The fraction of sp³-hybridized carbons (Fsp3) is 0.125. The maximum absolute atomic E-state index is 13.3. The van der Waals surface area contributed by atoms with Gasteiger partial charge in [0.2, 0.25) is 11.9 Å². The number of nitrogens with zero attached hydrogens (tertiary/aromatic N) is 3. The van der Waals surface area contributed by atoms with Gasteiger partial charge in [-0.25, -0.2) is 0 Å². The smallest absolute Gasteiger partial charge is 0.285 e. The molecule has 2 N–H and O–H groups in total. The summed E-state index contributed by atoms with van der Waals surface area (Å²) in [5, 5.41) is 12.0. The lowest BCUT2D eigenvalue weighted by atomic mass is 10.2. The zero-order valence-corrected chi connectivity index (χ0v) is 19.3. The fourth-order valence-electron chi connectivity index (χ4n) is 3.23. The monoisotopic (exact) mass is 481 g/mol. The summed E-state index contributed by atoms with van der Waals surface area (Å²) in [5.41, 5.74) is 2.27. The van der Waals surface area contributed by atoms with Crippen LogP contribution in [-0.4, -0.2) is 27.8 Å². The summed E-state index contributed by atoms with van der Waals surface area (Å²) in [5.74, 6) is 0.669. The van der Waals surface area contributed by atoms with Gasteiger partial charge in [0.1, 0.15) is 5.75 Å². The van der Waals surface area contributed by atoms with Crippen molar-refractivity contribution in [3.05, 3.63) is 99.5 Å². The largest absolute Gasteiger partial charge is 0.496 e. The van der Waals surface area contributed by atoms with Gasteiger partial charge in [-0.2, -0.15) is 9.67 Å². The van der Waals surface area contributed by atoms with Crippen LogP contribution in [0.3, 0.4) is 0 Å². The maximum atomic E-state index is 13.3. The van der Waals surface area contributed by atoms with Gasteiger partial charge in [-0.3, -0.25) is 4.79 Å². The van der Waals surface area contributed by atoms with E-state index in [0.717, 1.165) is 11.1 Å². The zero-order chi connectivity index (χ0) is 23.2. The lowest BCUT2D eigenvalue weighted by molar-refractivity contribution is 0.0944. The van der Waals surface area contributed by atoms with Gasteiger partial charge >= 0.3 is 0 Å².